The fourth-order valence-corrected chi connectivity index (χ4v) is 3.40. The Morgan fingerprint density at radius 1 is 1.38 bits per heavy atom. The number of benzene rings is 1. The third-order valence-corrected chi connectivity index (χ3v) is 4.98. The summed E-state index contributed by atoms with van der Waals surface area (Å²) in [4.78, 5) is 0. The number of rotatable bonds is 5. The van der Waals surface area contributed by atoms with Crippen molar-refractivity contribution in [1.82, 2.24) is 5.32 Å². The number of nitrogens with one attached hydrogen (secondary N) is 1. The highest BCUT2D eigenvalue weighted by Gasteiger charge is 2.39. The molecule has 0 aromatic heterocycles. The van der Waals surface area contributed by atoms with Crippen LogP contribution in [0.1, 0.15) is 52.0 Å². The van der Waals surface area contributed by atoms with Crippen LogP contribution in [0, 0.1) is 12.3 Å². The van der Waals surface area contributed by atoms with Crippen LogP contribution in [0.4, 0.5) is 0 Å². The van der Waals surface area contributed by atoms with Gasteiger partial charge in [-0.25, -0.2) is 0 Å². The molecule has 1 fully saturated rings. The summed E-state index contributed by atoms with van der Waals surface area (Å²) in [5, 5.41) is 4.50. The van der Waals surface area contributed by atoms with Gasteiger partial charge >= 0.3 is 0 Å². The molecular weight excluding hydrogens is 282 g/mol. The zero-order chi connectivity index (χ0) is 15.5. The van der Waals surface area contributed by atoms with E-state index >= 15 is 0 Å². The van der Waals surface area contributed by atoms with E-state index in [1.54, 1.807) is 0 Å². The second-order valence-corrected chi connectivity index (χ2v) is 7.29. The highest BCUT2D eigenvalue weighted by molar-refractivity contribution is 6.31. The molecule has 0 spiro atoms. The normalized spacial score (nSPS) is 24.8. The van der Waals surface area contributed by atoms with Crippen molar-refractivity contribution in [3.63, 3.8) is 0 Å². The van der Waals surface area contributed by atoms with E-state index < -0.39 is 0 Å². The first kappa shape index (κ1) is 16.6. The SMILES string of the molecule is CCCNC1C(Oc2ccc(Cl)c(C)c2)CCCC1(C)C. The lowest BCUT2D eigenvalue weighted by molar-refractivity contribution is 0.0364. The Bertz CT molecular complexity index is 472. The van der Waals surface area contributed by atoms with E-state index in [0.717, 1.165) is 35.7 Å². The zero-order valence-electron chi connectivity index (χ0n) is 13.7. The van der Waals surface area contributed by atoms with E-state index in [4.69, 9.17) is 16.3 Å². The molecular formula is C18H28ClNO. The van der Waals surface area contributed by atoms with Crippen molar-refractivity contribution in [2.75, 3.05) is 6.54 Å². The maximum Gasteiger partial charge on any atom is 0.120 e. The van der Waals surface area contributed by atoms with Crippen molar-refractivity contribution < 1.29 is 4.74 Å². The molecule has 21 heavy (non-hydrogen) atoms. The molecule has 2 rings (SSSR count). The lowest BCUT2D eigenvalue weighted by Gasteiger charge is -2.44. The summed E-state index contributed by atoms with van der Waals surface area (Å²) in [7, 11) is 0. The van der Waals surface area contributed by atoms with Crippen LogP contribution in [0.3, 0.4) is 0 Å². The molecule has 2 atom stereocenters. The highest BCUT2D eigenvalue weighted by Crippen LogP contribution is 2.37. The van der Waals surface area contributed by atoms with Gasteiger partial charge in [0.1, 0.15) is 11.9 Å². The predicted molar refractivity (Wildman–Crippen MR) is 90.3 cm³/mol. The van der Waals surface area contributed by atoms with Crippen molar-refractivity contribution in [1.29, 1.82) is 0 Å². The molecule has 1 aromatic carbocycles. The summed E-state index contributed by atoms with van der Waals surface area (Å²) in [6.07, 6.45) is 5.00. The van der Waals surface area contributed by atoms with E-state index in [9.17, 15) is 0 Å². The Morgan fingerprint density at radius 2 is 2.14 bits per heavy atom. The van der Waals surface area contributed by atoms with Crippen LogP contribution >= 0.6 is 11.6 Å². The molecule has 0 radical (unpaired) electrons. The second kappa shape index (κ2) is 7.02. The van der Waals surface area contributed by atoms with E-state index in [-0.39, 0.29) is 11.5 Å². The Kier molecular flexibility index (Phi) is 5.56. The molecule has 0 amide bonds. The van der Waals surface area contributed by atoms with Gasteiger partial charge in [-0.1, -0.05) is 32.4 Å². The van der Waals surface area contributed by atoms with Gasteiger partial charge in [-0.05, 0) is 68.3 Å². The average Bonchev–Trinajstić information content (AvgIpc) is 2.42. The molecule has 118 valence electrons. The van der Waals surface area contributed by atoms with Gasteiger partial charge in [0.05, 0.1) is 0 Å². The maximum absolute atomic E-state index is 6.32. The van der Waals surface area contributed by atoms with Crippen molar-refractivity contribution in [3.8, 4) is 5.75 Å². The second-order valence-electron chi connectivity index (χ2n) is 6.88. The summed E-state index contributed by atoms with van der Waals surface area (Å²) < 4.78 is 6.32. The molecule has 1 N–H and O–H groups in total. The van der Waals surface area contributed by atoms with Crippen molar-refractivity contribution >= 4 is 11.6 Å². The van der Waals surface area contributed by atoms with Crippen LogP contribution in [0.15, 0.2) is 18.2 Å². The Balaban J connectivity index is 2.12. The molecule has 1 aliphatic carbocycles. The first-order valence-corrected chi connectivity index (χ1v) is 8.48. The molecule has 0 aliphatic heterocycles. The van der Waals surface area contributed by atoms with Crippen LogP contribution in [-0.4, -0.2) is 18.7 Å². The van der Waals surface area contributed by atoms with Gasteiger partial charge in [-0.15, -0.1) is 0 Å². The van der Waals surface area contributed by atoms with E-state index in [1.165, 1.54) is 12.8 Å². The third-order valence-electron chi connectivity index (χ3n) is 4.55. The van der Waals surface area contributed by atoms with Gasteiger partial charge in [-0.3, -0.25) is 0 Å². The molecule has 2 unspecified atom stereocenters. The molecule has 2 nitrogen and oxygen atoms in total. The lowest BCUT2D eigenvalue weighted by atomic mass is 9.71. The van der Waals surface area contributed by atoms with E-state index in [0.29, 0.717) is 6.04 Å². The molecule has 1 aliphatic rings. The molecule has 1 saturated carbocycles. The summed E-state index contributed by atoms with van der Waals surface area (Å²) in [5.41, 5.74) is 1.35. The number of hydrogen-bond donors (Lipinski definition) is 1. The molecule has 0 heterocycles. The smallest absolute Gasteiger partial charge is 0.120 e. The Hall–Kier alpha value is -0.730. The summed E-state index contributed by atoms with van der Waals surface area (Å²) in [6.45, 7) is 9.98. The van der Waals surface area contributed by atoms with Crippen LogP contribution in [0.25, 0.3) is 0 Å². The van der Waals surface area contributed by atoms with Gasteiger partial charge in [-0.2, -0.15) is 0 Å². The minimum Gasteiger partial charge on any atom is -0.489 e. The minimum atomic E-state index is 0.237. The van der Waals surface area contributed by atoms with Crippen molar-refractivity contribution in [3.05, 3.63) is 28.8 Å². The van der Waals surface area contributed by atoms with Crippen LogP contribution < -0.4 is 10.1 Å². The van der Waals surface area contributed by atoms with Crippen LogP contribution in [-0.2, 0) is 0 Å². The summed E-state index contributed by atoms with van der Waals surface area (Å²) in [5.74, 6) is 0.933. The van der Waals surface area contributed by atoms with Crippen molar-refractivity contribution in [2.24, 2.45) is 5.41 Å². The quantitative estimate of drug-likeness (QED) is 0.828. The molecule has 1 aromatic rings. The van der Waals surface area contributed by atoms with Gasteiger partial charge < -0.3 is 10.1 Å². The largest absolute Gasteiger partial charge is 0.489 e. The third kappa shape index (κ3) is 4.14. The lowest BCUT2D eigenvalue weighted by Crippen LogP contribution is -2.54. The Labute approximate surface area is 134 Å². The van der Waals surface area contributed by atoms with Crippen LogP contribution in [0.2, 0.25) is 5.02 Å². The van der Waals surface area contributed by atoms with Gasteiger partial charge in [0, 0.05) is 11.1 Å². The summed E-state index contributed by atoms with van der Waals surface area (Å²) in [6, 6.07) is 6.35. The number of halogens is 1. The topological polar surface area (TPSA) is 21.3 Å². The first-order chi connectivity index (χ1) is 9.94. The highest BCUT2D eigenvalue weighted by atomic mass is 35.5. The van der Waals surface area contributed by atoms with Gasteiger partial charge in [0.15, 0.2) is 0 Å². The molecule has 0 saturated heterocycles. The first-order valence-electron chi connectivity index (χ1n) is 8.10. The molecule has 3 heteroatoms. The monoisotopic (exact) mass is 309 g/mol. The van der Waals surface area contributed by atoms with E-state index in [2.05, 4.69) is 26.1 Å². The van der Waals surface area contributed by atoms with Gasteiger partial charge in [0.25, 0.3) is 0 Å². The van der Waals surface area contributed by atoms with Crippen LogP contribution in [0.5, 0.6) is 5.75 Å². The standard InChI is InChI=1S/C18H28ClNO/c1-5-11-20-17-16(7-6-10-18(17,3)4)21-14-8-9-15(19)13(2)12-14/h8-9,12,16-17,20H,5-7,10-11H2,1-4H3. The minimum absolute atomic E-state index is 0.237. The summed E-state index contributed by atoms with van der Waals surface area (Å²) >= 11 is 6.10. The predicted octanol–water partition coefficient (Wildman–Crippen LogP) is 4.97. The van der Waals surface area contributed by atoms with Gasteiger partial charge in [0.2, 0.25) is 0 Å². The zero-order valence-corrected chi connectivity index (χ0v) is 14.5. The average molecular weight is 310 g/mol. The molecule has 0 bridgehead atoms. The number of ether oxygens (including phenoxy) is 1. The fraction of sp³-hybridized carbons (Fsp3) is 0.667. The van der Waals surface area contributed by atoms with E-state index in [1.807, 2.05) is 25.1 Å². The number of aryl methyl sites for hydroxylation is 1. The Morgan fingerprint density at radius 3 is 2.81 bits per heavy atom. The number of hydrogen-bond acceptors (Lipinski definition) is 2. The van der Waals surface area contributed by atoms with Crippen molar-refractivity contribution in [2.45, 2.75) is 65.5 Å². The maximum atomic E-state index is 6.32. The fourth-order valence-electron chi connectivity index (χ4n) is 3.28.